The van der Waals surface area contributed by atoms with Crippen molar-refractivity contribution in [2.45, 2.75) is 12.8 Å². The van der Waals surface area contributed by atoms with Gasteiger partial charge in [-0.3, -0.25) is 0 Å². The van der Waals surface area contributed by atoms with E-state index in [1.165, 1.54) is 0 Å². The fourth-order valence-corrected chi connectivity index (χ4v) is 1.000. The zero-order valence-electron chi connectivity index (χ0n) is 7.86. The first-order valence-corrected chi connectivity index (χ1v) is 4.35. The molecule has 0 aliphatic carbocycles. The number of hydrogen-bond acceptors (Lipinski definition) is 4. The van der Waals surface area contributed by atoms with E-state index in [0.717, 1.165) is 24.2 Å². The largest absolute Gasteiger partial charge is 0.384 e. The van der Waals surface area contributed by atoms with E-state index in [0.29, 0.717) is 13.2 Å². The summed E-state index contributed by atoms with van der Waals surface area (Å²) in [6.07, 6.45) is 5.25. The van der Waals surface area contributed by atoms with Crippen molar-refractivity contribution in [2.24, 2.45) is 5.73 Å². The molecular formula is C9H15N3O. The summed E-state index contributed by atoms with van der Waals surface area (Å²) in [5.74, 6) is 0.822. The van der Waals surface area contributed by atoms with E-state index in [1.54, 1.807) is 7.11 Å². The summed E-state index contributed by atoms with van der Waals surface area (Å²) in [6, 6.07) is 0. The average molecular weight is 181 g/mol. The van der Waals surface area contributed by atoms with Gasteiger partial charge in [0.25, 0.3) is 0 Å². The second-order valence-electron chi connectivity index (χ2n) is 2.79. The molecule has 0 fully saturated rings. The van der Waals surface area contributed by atoms with Gasteiger partial charge in [-0.05, 0) is 18.5 Å². The number of rotatable bonds is 5. The van der Waals surface area contributed by atoms with Crippen LogP contribution in [0.3, 0.4) is 0 Å². The van der Waals surface area contributed by atoms with E-state index >= 15 is 0 Å². The lowest BCUT2D eigenvalue weighted by Crippen LogP contribution is -2.05. The summed E-state index contributed by atoms with van der Waals surface area (Å²) in [4.78, 5) is 8.38. The van der Waals surface area contributed by atoms with E-state index in [2.05, 4.69) is 9.97 Å². The Kier molecular flexibility index (Phi) is 4.35. The zero-order valence-corrected chi connectivity index (χ0v) is 7.86. The molecule has 4 heteroatoms. The lowest BCUT2D eigenvalue weighted by atomic mass is 10.2. The first-order chi connectivity index (χ1) is 6.36. The summed E-state index contributed by atoms with van der Waals surface area (Å²) in [6.45, 7) is 1.30. The Hall–Kier alpha value is -1.00. The minimum Gasteiger partial charge on any atom is -0.384 e. The van der Waals surface area contributed by atoms with Crippen molar-refractivity contribution in [2.75, 3.05) is 20.3 Å². The molecule has 0 radical (unpaired) electrons. The van der Waals surface area contributed by atoms with Gasteiger partial charge in [0, 0.05) is 25.9 Å². The fraction of sp³-hybridized carbons (Fsp3) is 0.556. The smallest absolute Gasteiger partial charge is 0.130 e. The third-order valence-electron chi connectivity index (χ3n) is 1.72. The molecule has 0 saturated heterocycles. The molecule has 2 N–H and O–H groups in total. The third-order valence-corrected chi connectivity index (χ3v) is 1.72. The van der Waals surface area contributed by atoms with E-state index < -0.39 is 0 Å². The molecule has 0 aromatic carbocycles. The summed E-state index contributed by atoms with van der Waals surface area (Å²) in [5.41, 5.74) is 6.49. The summed E-state index contributed by atoms with van der Waals surface area (Å²) in [7, 11) is 1.67. The van der Waals surface area contributed by atoms with Crippen LogP contribution in [0.1, 0.15) is 11.4 Å². The highest BCUT2D eigenvalue weighted by atomic mass is 16.5. The lowest BCUT2D eigenvalue weighted by molar-refractivity contribution is 0.200. The van der Waals surface area contributed by atoms with Crippen LogP contribution in [0.2, 0.25) is 0 Å². The number of hydrogen-bond donors (Lipinski definition) is 1. The van der Waals surface area contributed by atoms with Gasteiger partial charge in [0.15, 0.2) is 0 Å². The molecule has 4 nitrogen and oxygen atoms in total. The monoisotopic (exact) mass is 181 g/mol. The Bertz CT molecular complexity index is 235. The van der Waals surface area contributed by atoms with Gasteiger partial charge in [-0.25, -0.2) is 9.97 Å². The van der Waals surface area contributed by atoms with E-state index in [4.69, 9.17) is 10.5 Å². The quantitative estimate of drug-likeness (QED) is 0.703. The number of methoxy groups -OCH3 is 1. The Morgan fingerprint density at radius 1 is 1.31 bits per heavy atom. The number of aromatic nitrogens is 2. The predicted molar refractivity (Wildman–Crippen MR) is 50.4 cm³/mol. The minimum absolute atomic E-state index is 0.640. The maximum absolute atomic E-state index is 5.40. The molecule has 0 spiro atoms. The zero-order chi connectivity index (χ0) is 9.52. The molecular weight excluding hydrogens is 166 g/mol. The van der Waals surface area contributed by atoms with Crippen LogP contribution in [0.25, 0.3) is 0 Å². The highest BCUT2D eigenvalue weighted by molar-refractivity contribution is 5.05. The normalized spacial score (nSPS) is 10.3. The van der Waals surface area contributed by atoms with Crippen LogP contribution in [0.15, 0.2) is 12.4 Å². The molecule has 0 saturated carbocycles. The maximum atomic E-state index is 5.40. The lowest BCUT2D eigenvalue weighted by Gasteiger charge is -2.00. The molecule has 0 amide bonds. The van der Waals surface area contributed by atoms with Crippen molar-refractivity contribution in [1.82, 2.24) is 9.97 Å². The molecule has 1 aromatic heterocycles. The molecule has 0 aliphatic rings. The highest BCUT2D eigenvalue weighted by Gasteiger charge is 1.96. The van der Waals surface area contributed by atoms with Gasteiger partial charge >= 0.3 is 0 Å². The summed E-state index contributed by atoms with van der Waals surface area (Å²) < 4.78 is 4.92. The van der Waals surface area contributed by atoms with E-state index in [-0.39, 0.29) is 0 Å². The number of nitrogens with zero attached hydrogens (tertiary/aromatic N) is 2. The van der Waals surface area contributed by atoms with Gasteiger partial charge in [0.05, 0.1) is 6.61 Å². The van der Waals surface area contributed by atoms with Crippen LogP contribution < -0.4 is 5.73 Å². The molecule has 0 atom stereocenters. The average Bonchev–Trinajstić information content (AvgIpc) is 2.17. The molecule has 0 unspecified atom stereocenters. The van der Waals surface area contributed by atoms with Crippen LogP contribution in [0.4, 0.5) is 0 Å². The fourth-order valence-electron chi connectivity index (χ4n) is 1.000. The second kappa shape index (κ2) is 5.61. The van der Waals surface area contributed by atoms with E-state index in [1.807, 2.05) is 12.4 Å². The first-order valence-electron chi connectivity index (χ1n) is 4.35. The molecule has 0 bridgehead atoms. The van der Waals surface area contributed by atoms with Crippen molar-refractivity contribution in [3.8, 4) is 0 Å². The number of ether oxygens (including phenoxy) is 1. The van der Waals surface area contributed by atoms with Crippen molar-refractivity contribution in [1.29, 1.82) is 0 Å². The van der Waals surface area contributed by atoms with Gasteiger partial charge in [-0.1, -0.05) is 0 Å². The van der Waals surface area contributed by atoms with Gasteiger partial charge in [-0.15, -0.1) is 0 Å². The van der Waals surface area contributed by atoms with Crippen molar-refractivity contribution in [3.63, 3.8) is 0 Å². The summed E-state index contributed by atoms with van der Waals surface area (Å²) in [5, 5.41) is 0. The first kappa shape index (κ1) is 10.1. The molecule has 0 aliphatic heterocycles. The SMILES string of the molecule is COCCc1ncc(CCN)cn1. The Morgan fingerprint density at radius 3 is 2.54 bits per heavy atom. The number of nitrogens with two attached hydrogens (primary N) is 1. The van der Waals surface area contributed by atoms with Gasteiger partial charge in [0.2, 0.25) is 0 Å². The maximum Gasteiger partial charge on any atom is 0.130 e. The van der Waals surface area contributed by atoms with Crippen LogP contribution in [0, 0.1) is 0 Å². The molecule has 1 heterocycles. The summed E-state index contributed by atoms with van der Waals surface area (Å²) >= 11 is 0. The van der Waals surface area contributed by atoms with Crippen LogP contribution >= 0.6 is 0 Å². The van der Waals surface area contributed by atoms with Gasteiger partial charge in [-0.2, -0.15) is 0 Å². The van der Waals surface area contributed by atoms with Crippen molar-refractivity contribution >= 4 is 0 Å². The topological polar surface area (TPSA) is 61.0 Å². The molecule has 13 heavy (non-hydrogen) atoms. The van der Waals surface area contributed by atoms with Gasteiger partial charge < -0.3 is 10.5 Å². The predicted octanol–water partition coefficient (Wildman–Crippen LogP) is 0.167. The van der Waals surface area contributed by atoms with Crippen LogP contribution in [-0.2, 0) is 17.6 Å². The third kappa shape index (κ3) is 3.48. The Balaban J connectivity index is 2.48. The second-order valence-corrected chi connectivity index (χ2v) is 2.79. The van der Waals surface area contributed by atoms with Gasteiger partial charge in [0.1, 0.15) is 5.82 Å². The van der Waals surface area contributed by atoms with Crippen molar-refractivity contribution in [3.05, 3.63) is 23.8 Å². The van der Waals surface area contributed by atoms with E-state index in [9.17, 15) is 0 Å². The van der Waals surface area contributed by atoms with Crippen LogP contribution in [0.5, 0.6) is 0 Å². The Morgan fingerprint density at radius 2 is 2.00 bits per heavy atom. The molecule has 1 rings (SSSR count). The minimum atomic E-state index is 0.640. The Labute approximate surface area is 78.1 Å². The van der Waals surface area contributed by atoms with Crippen LogP contribution in [-0.4, -0.2) is 30.2 Å². The van der Waals surface area contributed by atoms with Crippen molar-refractivity contribution < 1.29 is 4.74 Å². The highest BCUT2D eigenvalue weighted by Crippen LogP contribution is 1.97. The molecule has 72 valence electrons. The standard InChI is InChI=1S/C9H15N3O/c1-13-5-3-9-11-6-8(2-4-10)7-12-9/h6-7H,2-5,10H2,1H3. The molecule has 1 aromatic rings.